The Morgan fingerprint density at radius 2 is 2.04 bits per heavy atom. The minimum atomic E-state index is 0.262. The summed E-state index contributed by atoms with van der Waals surface area (Å²) >= 11 is 0. The third kappa shape index (κ3) is 5.23. The van der Waals surface area contributed by atoms with Gasteiger partial charge in [0.1, 0.15) is 0 Å². The van der Waals surface area contributed by atoms with E-state index in [2.05, 4.69) is 16.4 Å². The Hall–Kier alpha value is -2.60. The largest absolute Gasteiger partial charge is 0.493 e. The molecule has 1 saturated heterocycles. The molecule has 3 rings (SSSR count). The standard InChI is InChI=1S/C22H29N3O3/c1-27-20-7-5-17(14-21(20)28-2)10-13-25-19(6-8-22(25)26)9-12-24-16-18-4-3-11-23-15-18/h3-5,7,11,14-15,19,24H,6,8-10,12-13,16H2,1-2H3. The van der Waals surface area contributed by atoms with Crippen LogP contribution >= 0.6 is 0 Å². The number of likely N-dealkylation sites (tertiary alicyclic amines) is 1. The number of pyridine rings is 1. The number of methoxy groups -OCH3 is 2. The van der Waals surface area contributed by atoms with Crippen LogP contribution in [0.2, 0.25) is 0 Å². The Morgan fingerprint density at radius 1 is 1.18 bits per heavy atom. The average molecular weight is 383 g/mol. The number of nitrogens with zero attached hydrogens (tertiary/aromatic N) is 2. The van der Waals surface area contributed by atoms with Gasteiger partial charge in [-0.05, 0) is 55.1 Å². The lowest BCUT2D eigenvalue weighted by atomic mass is 10.1. The first-order valence-electron chi connectivity index (χ1n) is 9.81. The lowest BCUT2D eigenvalue weighted by Gasteiger charge is -2.25. The van der Waals surface area contributed by atoms with E-state index in [1.165, 1.54) is 5.56 Å². The molecule has 0 radical (unpaired) electrons. The maximum absolute atomic E-state index is 12.3. The molecule has 0 aliphatic carbocycles. The zero-order chi connectivity index (χ0) is 19.8. The van der Waals surface area contributed by atoms with Crippen LogP contribution in [0.15, 0.2) is 42.7 Å². The van der Waals surface area contributed by atoms with Crippen molar-refractivity contribution in [1.29, 1.82) is 0 Å². The molecule has 1 amide bonds. The first-order valence-corrected chi connectivity index (χ1v) is 9.81. The molecule has 1 unspecified atom stereocenters. The van der Waals surface area contributed by atoms with E-state index in [0.29, 0.717) is 12.5 Å². The van der Waals surface area contributed by atoms with Crippen molar-refractivity contribution in [2.24, 2.45) is 0 Å². The summed E-state index contributed by atoms with van der Waals surface area (Å²) in [6.45, 7) is 2.43. The van der Waals surface area contributed by atoms with Gasteiger partial charge in [0.05, 0.1) is 14.2 Å². The van der Waals surface area contributed by atoms with Gasteiger partial charge in [0.25, 0.3) is 0 Å². The molecular weight excluding hydrogens is 354 g/mol. The number of aromatic nitrogens is 1. The fourth-order valence-electron chi connectivity index (χ4n) is 3.69. The summed E-state index contributed by atoms with van der Waals surface area (Å²) in [4.78, 5) is 18.5. The zero-order valence-electron chi connectivity index (χ0n) is 16.7. The number of carbonyl (C=O) groups excluding carboxylic acids is 1. The van der Waals surface area contributed by atoms with E-state index in [0.717, 1.165) is 56.0 Å². The van der Waals surface area contributed by atoms with E-state index in [1.807, 2.05) is 35.4 Å². The minimum absolute atomic E-state index is 0.262. The summed E-state index contributed by atoms with van der Waals surface area (Å²) in [7, 11) is 3.27. The summed E-state index contributed by atoms with van der Waals surface area (Å²) < 4.78 is 10.7. The molecule has 1 aliphatic heterocycles. The molecule has 28 heavy (non-hydrogen) atoms. The van der Waals surface area contributed by atoms with Crippen molar-refractivity contribution >= 4 is 5.91 Å². The van der Waals surface area contributed by atoms with E-state index in [9.17, 15) is 4.79 Å². The Labute approximate surface area is 166 Å². The average Bonchev–Trinajstić information content (AvgIpc) is 3.09. The number of hydrogen-bond acceptors (Lipinski definition) is 5. The minimum Gasteiger partial charge on any atom is -0.493 e. The fourth-order valence-corrected chi connectivity index (χ4v) is 3.69. The Bertz CT molecular complexity index is 767. The second-order valence-corrected chi connectivity index (χ2v) is 7.05. The number of carbonyl (C=O) groups is 1. The molecule has 2 heterocycles. The highest BCUT2D eigenvalue weighted by atomic mass is 16.5. The summed E-state index contributed by atoms with van der Waals surface area (Å²) in [5.41, 5.74) is 2.32. The van der Waals surface area contributed by atoms with Crippen molar-refractivity contribution in [2.45, 2.75) is 38.3 Å². The SMILES string of the molecule is COc1ccc(CCN2C(=O)CCC2CCNCc2cccnc2)cc1OC. The number of ether oxygens (including phenoxy) is 2. The van der Waals surface area contributed by atoms with E-state index in [1.54, 1.807) is 20.4 Å². The van der Waals surface area contributed by atoms with Crippen LogP contribution < -0.4 is 14.8 Å². The van der Waals surface area contributed by atoms with Gasteiger partial charge in [0.2, 0.25) is 5.91 Å². The maximum atomic E-state index is 12.3. The van der Waals surface area contributed by atoms with Gasteiger partial charge in [0, 0.05) is 37.9 Å². The van der Waals surface area contributed by atoms with Gasteiger partial charge in [-0.1, -0.05) is 12.1 Å². The molecule has 1 atom stereocenters. The number of hydrogen-bond donors (Lipinski definition) is 1. The van der Waals surface area contributed by atoms with Gasteiger partial charge in [-0.3, -0.25) is 9.78 Å². The first kappa shape index (κ1) is 20.1. The van der Waals surface area contributed by atoms with Crippen LogP contribution in [-0.4, -0.2) is 49.1 Å². The molecule has 1 aromatic heterocycles. The highest BCUT2D eigenvalue weighted by molar-refractivity contribution is 5.78. The zero-order valence-corrected chi connectivity index (χ0v) is 16.7. The lowest BCUT2D eigenvalue weighted by Crippen LogP contribution is -2.36. The van der Waals surface area contributed by atoms with Crippen molar-refractivity contribution in [3.63, 3.8) is 0 Å². The van der Waals surface area contributed by atoms with Crippen LogP contribution in [-0.2, 0) is 17.8 Å². The molecule has 150 valence electrons. The van der Waals surface area contributed by atoms with Gasteiger partial charge < -0.3 is 19.7 Å². The van der Waals surface area contributed by atoms with Crippen molar-refractivity contribution in [3.8, 4) is 11.5 Å². The van der Waals surface area contributed by atoms with Gasteiger partial charge in [0.15, 0.2) is 11.5 Å². The number of benzene rings is 1. The molecule has 0 spiro atoms. The molecule has 1 fully saturated rings. The maximum Gasteiger partial charge on any atom is 0.222 e. The van der Waals surface area contributed by atoms with Gasteiger partial charge in [-0.15, -0.1) is 0 Å². The predicted molar refractivity (Wildman–Crippen MR) is 109 cm³/mol. The van der Waals surface area contributed by atoms with Gasteiger partial charge in [-0.25, -0.2) is 0 Å². The van der Waals surface area contributed by atoms with Crippen LogP contribution in [0.3, 0.4) is 0 Å². The highest BCUT2D eigenvalue weighted by Crippen LogP contribution is 2.28. The molecule has 1 aromatic carbocycles. The molecule has 0 bridgehead atoms. The Balaban J connectivity index is 1.48. The number of rotatable bonds is 10. The van der Waals surface area contributed by atoms with Crippen LogP contribution in [0.5, 0.6) is 11.5 Å². The normalized spacial score (nSPS) is 16.4. The quantitative estimate of drug-likeness (QED) is 0.639. The van der Waals surface area contributed by atoms with E-state index in [4.69, 9.17) is 9.47 Å². The third-order valence-corrected chi connectivity index (χ3v) is 5.25. The van der Waals surface area contributed by atoms with Crippen molar-refractivity contribution in [1.82, 2.24) is 15.2 Å². The molecule has 1 N–H and O–H groups in total. The van der Waals surface area contributed by atoms with E-state index < -0.39 is 0 Å². The lowest BCUT2D eigenvalue weighted by molar-refractivity contribution is -0.129. The number of nitrogens with one attached hydrogen (secondary N) is 1. The summed E-state index contributed by atoms with van der Waals surface area (Å²) in [6.07, 6.45) is 7.04. The van der Waals surface area contributed by atoms with Crippen LogP contribution in [0.25, 0.3) is 0 Å². The fraction of sp³-hybridized carbons (Fsp3) is 0.455. The van der Waals surface area contributed by atoms with Crippen molar-refractivity contribution in [3.05, 3.63) is 53.9 Å². The highest BCUT2D eigenvalue weighted by Gasteiger charge is 2.29. The van der Waals surface area contributed by atoms with Gasteiger partial charge >= 0.3 is 0 Å². The topological polar surface area (TPSA) is 63.7 Å². The van der Waals surface area contributed by atoms with Crippen LogP contribution in [0.4, 0.5) is 0 Å². The monoisotopic (exact) mass is 383 g/mol. The Kier molecular flexibility index (Phi) is 7.25. The van der Waals surface area contributed by atoms with Gasteiger partial charge in [-0.2, -0.15) is 0 Å². The number of amides is 1. The second-order valence-electron chi connectivity index (χ2n) is 7.05. The molecule has 0 saturated carbocycles. The van der Waals surface area contributed by atoms with Crippen molar-refractivity contribution in [2.75, 3.05) is 27.3 Å². The molecule has 1 aliphatic rings. The summed E-state index contributed by atoms with van der Waals surface area (Å²) in [5.74, 6) is 1.71. The molecule has 6 nitrogen and oxygen atoms in total. The van der Waals surface area contributed by atoms with E-state index >= 15 is 0 Å². The molecule has 2 aromatic rings. The molecular formula is C22H29N3O3. The third-order valence-electron chi connectivity index (χ3n) is 5.25. The van der Waals surface area contributed by atoms with Crippen LogP contribution in [0.1, 0.15) is 30.4 Å². The Morgan fingerprint density at radius 3 is 2.79 bits per heavy atom. The smallest absolute Gasteiger partial charge is 0.222 e. The summed E-state index contributed by atoms with van der Waals surface area (Å²) in [6, 6.07) is 10.3. The summed E-state index contributed by atoms with van der Waals surface area (Å²) in [5, 5.41) is 3.46. The van der Waals surface area contributed by atoms with Crippen molar-refractivity contribution < 1.29 is 14.3 Å². The first-order chi connectivity index (χ1) is 13.7. The second kappa shape index (κ2) is 10.1. The van der Waals surface area contributed by atoms with E-state index in [-0.39, 0.29) is 5.91 Å². The molecule has 6 heteroatoms. The predicted octanol–water partition coefficient (Wildman–Crippen LogP) is 2.81. The van der Waals surface area contributed by atoms with Crippen LogP contribution in [0, 0.1) is 0 Å².